The predicted molar refractivity (Wildman–Crippen MR) is 148 cm³/mol. The quantitative estimate of drug-likeness (QED) is 0.628. The van der Waals surface area contributed by atoms with Gasteiger partial charge in [-0.3, -0.25) is 4.79 Å². The normalized spacial score (nSPS) is 32.2. The lowest BCUT2D eigenvalue weighted by Gasteiger charge is -2.46. The van der Waals surface area contributed by atoms with Crippen LogP contribution in [0.25, 0.3) is 0 Å². The third-order valence-corrected chi connectivity index (χ3v) is 10.2. The van der Waals surface area contributed by atoms with Crippen molar-refractivity contribution in [2.75, 3.05) is 26.2 Å². The molecule has 2 saturated heterocycles. The van der Waals surface area contributed by atoms with Crippen LogP contribution in [0.2, 0.25) is 0 Å². The smallest absolute Gasteiger partial charge is 0.232 e. The van der Waals surface area contributed by atoms with Gasteiger partial charge in [0.1, 0.15) is 11.7 Å². The van der Waals surface area contributed by atoms with Crippen molar-refractivity contribution in [3.05, 3.63) is 70.5 Å². The third-order valence-electron chi connectivity index (χ3n) is 10.2. The van der Waals surface area contributed by atoms with E-state index in [2.05, 4.69) is 53.5 Å². The third kappa shape index (κ3) is 4.70. The summed E-state index contributed by atoms with van der Waals surface area (Å²) in [5.74, 6) is 0.891. The Bertz CT molecular complexity index is 1150. The van der Waals surface area contributed by atoms with Gasteiger partial charge in [0.15, 0.2) is 0 Å². The van der Waals surface area contributed by atoms with Gasteiger partial charge in [-0.25, -0.2) is 4.39 Å². The van der Waals surface area contributed by atoms with Crippen molar-refractivity contribution in [2.45, 2.75) is 88.7 Å². The number of nitrogens with zero attached hydrogens (tertiary/aromatic N) is 1. The van der Waals surface area contributed by atoms with Gasteiger partial charge in [0, 0.05) is 18.2 Å². The molecule has 0 bridgehead atoms. The second-order valence-electron chi connectivity index (χ2n) is 12.7. The average molecular weight is 520 g/mol. The number of quaternary nitrogens is 1. The van der Waals surface area contributed by atoms with Crippen LogP contribution in [0.5, 0.6) is 0 Å². The fourth-order valence-corrected chi connectivity index (χ4v) is 8.38. The molecule has 0 aromatic heterocycles. The highest BCUT2D eigenvalue weighted by Gasteiger charge is 2.56. The van der Waals surface area contributed by atoms with E-state index in [-0.39, 0.29) is 29.8 Å². The molecule has 4 nitrogen and oxygen atoms in total. The maximum atomic E-state index is 15.8. The van der Waals surface area contributed by atoms with Gasteiger partial charge in [0.2, 0.25) is 5.91 Å². The standard InChI is InChI=1S/C33H43FN2O2/c1-22-15-27-17-23(2)38-21-33(31(27)29(34)16-22)20-35-19-28(33)32(37)36-14-13-26(24-9-5-3-6-10-24)18-30(36)25-11-7-4-8-12-25/h3,5-6,9-10,15-16,23,25-26,28,30,35H,4,7-8,11-14,17-21H2,1-2H3/p+1/t23-,26-,28+,30+,33+/m1/s1. The van der Waals surface area contributed by atoms with E-state index in [1.54, 1.807) is 6.07 Å². The summed E-state index contributed by atoms with van der Waals surface area (Å²) in [6, 6.07) is 14.9. The van der Waals surface area contributed by atoms with E-state index in [0.717, 1.165) is 36.1 Å². The molecule has 3 fully saturated rings. The van der Waals surface area contributed by atoms with Gasteiger partial charge >= 0.3 is 0 Å². The fourth-order valence-electron chi connectivity index (χ4n) is 8.38. The first-order valence-corrected chi connectivity index (χ1v) is 15.0. The Morgan fingerprint density at radius 1 is 1.11 bits per heavy atom. The fraction of sp³-hybridized carbons (Fsp3) is 0.606. The molecule has 3 aliphatic heterocycles. The van der Waals surface area contributed by atoms with E-state index in [1.165, 1.54) is 37.7 Å². The zero-order valence-electron chi connectivity index (χ0n) is 23.1. The number of hydrogen-bond donors (Lipinski definition) is 1. The van der Waals surface area contributed by atoms with Crippen LogP contribution in [0.1, 0.15) is 80.0 Å². The average Bonchev–Trinajstić information content (AvgIpc) is 3.30. The van der Waals surface area contributed by atoms with E-state index in [1.807, 2.05) is 6.92 Å². The van der Waals surface area contributed by atoms with Crippen LogP contribution < -0.4 is 5.32 Å². The van der Waals surface area contributed by atoms with Crippen molar-refractivity contribution >= 4 is 5.91 Å². The minimum absolute atomic E-state index is 0.0160. The largest absolute Gasteiger partial charge is 0.377 e. The van der Waals surface area contributed by atoms with Gasteiger partial charge in [-0.15, -0.1) is 0 Å². The molecule has 1 spiro atoms. The van der Waals surface area contributed by atoms with E-state index in [9.17, 15) is 4.79 Å². The summed E-state index contributed by atoms with van der Waals surface area (Å²) in [4.78, 5) is 16.9. The second kappa shape index (κ2) is 10.7. The summed E-state index contributed by atoms with van der Waals surface area (Å²) >= 11 is 0. The Kier molecular flexibility index (Phi) is 7.34. The molecule has 1 saturated carbocycles. The number of benzene rings is 2. The maximum Gasteiger partial charge on any atom is 0.232 e. The molecular formula is C33H44FN2O2+. The number of rotatable bonds is 3. The first-order chi connectivity index (χ1) is 18.5. The van der Waals surface area contributed by atoms with Crippen molar-refractivity contribution < 1.29 is 19.2 Å². The van der Waals surface area contributed by atoms with Crippen LogP contribution in [0, 0.1) is 24.6 Å². The Hall–Kier alpha value is -2.24. The van der Waals surface area contributed by atoms with Gasteiger partial charge in [-0.1, -0.05) is 55.7 Å². The highest BCUT2D eigenvalue weighted by Crippen LogP contribution is 2.44. The zero-order chi connectivity index (χ0) is 26.3. The Labute approximate surface area is 227 Å². The molecule has 6 rings (SSSR count). The lowest BCUT2D eigenvalue weighted by atomic mass is 9.69. The number of fused-ring (bicyclic) bond motifs is 2. The maximum absolute atomic E-state index is 15.8. The van der Waals surface area contributed by atoms with E-state index in [4.69, 9.17) is 4.74 Å². The number of halogens is 1. The highest BCUT2D eigenvalue weighted by atomic mass is 19.1. The van der Waals surface area contributed by atoms with Gasteiger partial charge < -0.3 is 15.0 Å². The van der Waals surface area contributed by atoms with Gasteiger partial charge in [-0.05, 0) is 80.5 Å². The molecule has 4 aliphatic rings. The summed E-state index contributed by atoms with van der Waals surface area (Å²) in [7, 11) is 0. The molecule has 1 amide bonds. The number of hydrogen-bond acceptors (Lipinski definition) is 2. The summed E-state index contributed by atoms with van der Waals surface area (Å²) in [5.41, 5.74) is 3.53. The number of ether oxygens (including phenoxy) is 1. The number of aryl methyl sites for hydroxylation is 1. The van der Waals surface area contributed by atoms with Crippen molar-refractivity contribution in [3.63, 3.8) is 0 Å². The summed E-state index contributed by atoms with van der Waals surface area (Å²) in [5, 5.41) is 2.23. The topological polar surface area (TPSA) is 46.1 Å². The molecule has 5 heteroatoms. The van der Waals surface area contributed by atoms with E-state index in [0.29, 0.717) is 38.0 Å². The SMILES string of the molecule is Cc1cc(F)c2c(c1)C[C@@H](C)OC[C@]21C[NH2+]C[C@H]1C(=O)N1CC[C@@H](c2ccccc2)C[C@H]1C1CCCCC1. The molecule has 0 radical (unpaired) electrons. The molecule has 3 heterocycles. The number of carbonyl (C=O) groups is 1. The van der Waals surface area contributed by atoms with Crippen LogP contribution in [-0.2, 0) is 21.4 Å². The molecular weight excluding hydrogens is 475 g/mol. The van der Waals surface area contributed by atoms with Crippen LogP contribution in [0.4, 0.5) is 4.39 Å². The Morgan fingerprint density at radius 2 is 1.89 bits per heavy atom. The van der Waals surface area contributed by atoms with E-state index < -0.39 is 5.41 Å². The number of likely N-dealkylation sites (tertiary alicyclic amines) is 1. The minimum Gasteiger partial charge on any atom is -0.377 e. The van der Waals surface area contributed by atoms with Crippen LogP contribution >= 0.6 is 0 Å². The number of nitrogens with two attached hydrogens (primary N) is 1. The number of piperidine rings is 1. The lowest BCUT2D eigenvalue weighted by Crippen LogP contribution is -2.82. The predicted octanol–water partition coefficient (Wildman–Crippen LogP) is 4.88. The Balaban J connectivity index is 1.34. The van der Waals surface area contributed by atoms with Crippen molar-refractivity contribution in [2.24, 2.45) is 11.8 Å². The number of carbonyl (C=O) groups excluding carboxylic acids is 1. The lowest BCUT2D eigenvalue weighted by molar-refractivity contribution is -0.640. The number of amides is 1. The summed E-state index contributed by atoms with van der Waals surface area (Å²) in [6.45, 7) is 6.67. The van der Waals surface area contributed by atoms with Crippen molar-refractivity contribution in [3.8, 4) is 0 Å². The Morgan fingerprint density at radius 3 is 2.68 bits per heavy atom. The summed E-state index contributed by atoms with van der Waals surface area (Å²) < 4.78 is 22.2. The van der Waals surface area contributed by atoms with Crippen molar-refractivity contribution in [1.29, 1.82) is 0 Å². The second-order valence-corrected chi connectivity index (χ2v) is 12.7. The van der Waals surface area contributed by atoms with Gasteiger partial charge in [0.25, 0.3) is 0 Å². The van der Waals surface area contributed by atoms with Crippen LogP contribution in [0.15, 0.2) is 42.5 Å². The highest BCUT2D eigenvalue weighted by molar-refractivity contribution is 5.82. The first kappa shape index (κ1) is 26.0. The van der Waals surface area contributed by atoms with Gasteiger partial charge in [-0.2, -0.15) is 0 Å². The minimum atomic E-state index is -0.609. The monoisotopic (exact) mass is 519 g/mol. The molecule has 2 aromatic rings. The molecule has 1 aliphatic carbocycles. The molecule has 204 valence electrons. The molecule has 5 atom stereocenters. The molecule has 2 N–H and O–H groups in total. The van der Waals surface area contributed by atoms with E-state index >= 15 is 4.39 Å². The molecule has 38 heavy (non-hydrogen) atoms. The molecule has 0 unspecified atom stereocenters. The van der Waals surface area contributed by atoms with Crippen LogP contribution in [-0.4, -0.2) is 49.2 Å². The summed E-state index contributed by atoms with van der Waals surface area (Å²) in [6.07, 6.45) is 9.04. The first-order valence-electron chi connectivity index (χ1n) is 15.0. The van der Waals surface area contributed by atoms with Crippen LogP contribution in [0.3, 0.4) is 0 Å². The molecule has 2 aromatic carbocycles. The van der Waals surface area contributed by atoms with Crippen molar-refractivity contribution in [1.82, 2.24) is 4.90 Å². The zero-order valence-corrected chi connectivity index (χ0v) is 23.1. The van der Waals surface area contributed by atoms with Gasteiger partial charge in [0.05, 0.1) is 31.2 Å².